The van der Waals surface area contributed by atoms with Gasteiger partial charge in [0.2, 0.25) is 5.91 Å². The molecule has 29 heavy (non-hydrogen) atoms. The van der Waals surface area contributed by atoms with Gasteiger partial charge in [-0.05, 0) is 69.4 Å². The maximum Gasteiger partial charge on any atom is 0.342 e. The first kappa shape index (κ1) is 20.4. The van der Waals surface area contributed by atoms with Crippen molar-refractivity contribution in [2.24, 2.45) is 0 Å². The molecule has 9 heteroatoms. The Bertz CT molecular complexity index is 1270. The third kappa shape index (κ3) is 4.36. The third-order valence-corrected chi connectivity index (χ3v) is 7.63. The van der Waals surface area contributed by atoms with Crippen LogP contribution in [0.4, 0.5) is 0 Å². The molecule has 0 saturated heterocycles. The van der Waals surface area contributed by atoms with E-state index in [2.05, 4.69) is 4.72 Å². The van der Waals surface area contributed by atoms with Gasteiger partial charge in [0.15, 0.2) is 5.66 Å². The van der Waals surface area contributed by atoms with Crippen LogP contribution in [0.3, 0.4) is 0 Å². The number of carbonyl (C=O) groups excluding carboxylic acids is 1. The van der Waals surface area contributed by atoms with Crippen molar-refractivity contribution in [3.8, 4) is 0 Å². The molecular weight excluding hydrogens is 449 g/mol. The Morgan fingerprint density at radius 2 is 1.83 bits per heavy atom. The molecular formula is C20H15ClNO4PS2. The Morgan fingerprint density at radius 1 is 1.07 bits per heavy atom. The molecule has 1 aromatic heterocycles. The zero-order chi connectivity index (χ0) is 20.6. The summed E-state index contributed by atoms with van der Waals surface area (Å²) in [6.45, 7) is 0. The SMILES string of the molecule is O=C(NSc1ccc2ccccc2c1)C(c1csc2ccc(Cl)cc12)P(=O)(O)O. The van der Waals surface area contributed by atoms with Crippen molar-refractivity contribution >= 4 is 69.2 Å². The van der Waals surface area contributed by atoms with Crippen molar-refractivity contribution in [3.05, 3.63) is 76.6 Å². The second kappa shape index (κ2) is 8.11. The summed E-state index contributed by atoms with van der Waals surface area (Å²) in [7, 11) is -4.76. The molecule has 0 spiro atoms. The number of amides is 1. The fourth-order valence-corrected chi connectivity index (χ4v) is 6.04. The van der Waals surface area contributed by atoms with E-state index in [1.54, 1.807) is 23.6 Å². The molecule has 0 aliphatic rings. The van der Waals surface area contributed by atoms with Crippen LogP contribution in [0.1, 0.15) is 11.2 Å². The molecule has 0 bridgehead atoms. The largest absolute Gasteiger partial charge is 0.342 e. The smallest absolute Gasteiger partial charge is 0.324 e. The van der Waals surface area contributed by atoms with E-state index in [4.69, 9.17) is 11.6 Å². The Kier molecular flexibility index (Phi) is 5.71. The van der Waals surface area contributed by atoms with Gasteiger partial charge >= 0.3 is 7.60 Å². The number of fused-ring (bicyclic) bond motifs is 2. The van der Waals surface area contributed by atoms with Crippen LogP contribution >= 0.6 is 42.5 Å². The highest BCUT2D eigenvalue weighted by Gasteiger charge is 2.39. The summed E-state index contributed by atoms with van der Waals surface area (Å²) < 4.78 is 15.6. The summed E-state index contributed by atoms with van der Waals surface area (Å²) in [6, 6.07) is 18.6. The van der Waals surface area contributed by atoms with Gasteiger partial charge in [0.1, 0.15) is 0 Å². The van der Waals surface area contributed by atoms with Gasteiger partial charge in [-0.2, -0.15) is 0 Å². The summed E-state index contributed by atoms with van der Waals surface area (Å²) in [6.07, 6.45) is 0. The predicted molar refractivity (Wildman–Crippen MR) is 120 cm³/mol. The summed E-state index contributed by atoms with van der Waals surface area (Å²) in [5.41, 5.74) is -1.33. The average Bonchev–Trinajstić information content (AvgIpc) is 3.08. The van der Waals surface area contributed by atoms with Crippen LogP contribution < -0.4 is 4.72 Å². The molecule has 0 fully saturated rings. The number of nitrogens with one attached hydrogen (secondary N) is 1. The zero-order valence-electron chi connectivity index (χ0n) is 14.8. The lowest BCUT2D eigenvalue weighted by Crippen LogP contribution is -2.24. The van der Waals surface area contributed by atoms with Gasteiger partial charge in [-0.3, -0.25) is 14.1 Å². The van der Waals surface area contributed by atoms with E-state index >= 15 is 0 Å². The molecule has 5 nitrogen and oxygen atoms in total. The first-order chi connectivity index (χ1) is 13.8. The molecule has 1 heterocycles. The Hall–Kier alpha value is -1.86. The van der Waals surface area contributed by atoms with E-state index in [9.17, 15) is 19.1 Å². The van der Waals surface area contributed by atoms with Crippen LogP contribution in [-0.2, 0) is 9.36 Å². The van der Waals surface area contributed by atoms with Crippen LogP contribution in [0, 0.1) is 0 Å². The second-order valence-electron chi connectivity index (χ2n) is 6.40. The predicted octanol–water partition coefficient (Wildman–Crippen LogP) is 5.75. The second-order valence-corrected chi connectivity index (χ2v) is 10.3. The topological polar surface area (TPSA) is 86.6 Å². The van der Waals surface area contributed by atoms with Gasteiger partial charge in [-0.1, -0.05) is 41.9 Å². The van der Waals surface area contributed by atoms with Crippen molar-refractivity contribution in [1.29, 1.82) is 0 Å². The van der Waals surface area contributed by atoms with Crippen LogP contribution in [0.15, 0.2) is 70.9 Å². The number of rotatable bonds is 5. The quantitative estimate of drug-likeness (QED) is 0.259. The van der Waals surface area contributed by atoms with Crippen LogP contribution in [-0.4, -0.2) is 15.7 Å². The number of carbonyl (C=O) groups is 1. The minimum absolute atomic E-state index is 0.275. The molecule has 1 unspecified atom stereocenters. The molecule has 1 amide bonds. The van der Waals surface area contributed by atoms with E-state index in [1.165, 1.54) is 11.3 Å². The molecule has 0 saturated carbocycles. The molecule has 4 rings (SSSR count). The van der Waals surface area contributed by atoms with Gasteiger partial charge in [0, 0.05) is 14.6 Å². The summed E-state index contributed by atoms with van der Waals surface area (Å²) >= 11 is 8.38. The van der Waals surface area contributed by atoms with Gasteiger partial charge in [0.25, 0.3) is 0 Å². The number of hydrogen-bond donors (Lipinski definition) is 3. The van der Waals surface area contributed by atoms with E-state index in [0.717, 1.165) is 32.3 Å². The minimum Gasteiger partial charge on any atom is -0.324 e. The lowest BCUT2D eigenvalue weighted by molar-refractivity contribution is -0.119. The van der Waals surface area contributed by atoms with Gasteiger partial charge < -0.3 is 9.79 Å². The van der Waals surface area contributed by atoms with E-state index < -0.39 is 19.2 Å². The minimum atomic E-state index is -4.76. The van der Waals surface area contributed by atoms with Gasteiger partial charge in [-0.25, -0.2) is 0 Å². The zero-order valence-corrected chi connectivity index (χ0v) is 18.1. The maximum atomic E-state index is 12.8. The molecule has 3 N–H and O–H groups in total. The summed E-state index contributed by atoms with van der Waals surface area (Å²) in [5.74, 6) is -0.754. The molecule has 1 atom stereocenters. The normalized spacial score (nSPS) is 12.9. The van der Waals surface area contributed by atoms with Crippen molar-refractivity contribution < 1.29 is 19.1 Å². The average molecular weight is 464 g/mol. The number of hydrogen-bond acceptors (Lipinski definition) is 4. The standard InChI is InChI=1S/C20H15ClNO4PS2/c21-14-6-8-18-16(10-14)17(11-28-18)19(27(24,25)26)20(23)22-29-15-7-5-12-3-1-2-4-13(12)9-15/h1-11,19H,(H,22,23)(H2,24,25,26). The first-order valence-corrected chi connectivity index (χ1v) is 12.3. The van der Waals surface area contributed by atoms with Crippen molar-refractivity contribution in [2.75, 3.05) is 0 Å². The Balaban J connectivity index is 1.62. The summed E-state index contributed by atoms with van der Waals surface area (Å²) in [5, 5.41) is 4.69. The number of halogens is 1. The molecule has 148 valence electrons. The molecule has 4 aromatic rings. The maximum absolute atomic E-state index is 12.8. The lowest BCUT2D eigenvalue weighted by atomic mass is 10.1. The lowest BCUT2D eigenvalue weighted by Gasteiger charge is -2.17. The molecule has 0 aliphatic carbocycles. The highest BCUT2D eigenvalue weighted by molar-refractivity contribution is 7.98. The van der Waals surface area contributed by atoms with Crippen LogP contribution in [0.25, 0.3) is 20.9 Å². The number of thiophene rings is 1. The highest BCUT2D eigenvalue weighted by Crippen LogP contribution is 2.54. The fourth-order valence-electron chi connectivity index (χ4n) is 3.10. The van der Waals surface area contributed by atoms with Crippen molar-refractivity contribution in [3.63, 3.8) is 0 Å². The molecule has 0 radical (unpaired) electrons. The third-order valence-electron chi connectivity index (χ3n) is 4.44. The first-order valence-electron chi connectivity index (χ1n) is 8.50. The highest BCUT2D eigenvalue weighted by atomic mass is 35.5. The number of benzene rings is 3. The summed E-state index contributed by atoms with van der Waals surface area (Å²) in [4.78, 5) is 33.4. The van der Waals surface area contributed by atoms with E-state index in [-0.39, 0.29) is 5.56 Å². The van der Waals surface area contributed by atoms with Gasteiger partial charge in [0.05, 0.1) is 0 Å². The van der Waals surface area contributed by atoms with Crippen LogP contribution in [0.2, 0.25) is 5.02 Å². The van der Waals surface area contributed by atoms with E-state index in [0.29, 0.717) is 10.4 Å². The Morgan fingerprint density at radius 3 is 2.59 bits per heavy atom. The van der Waals surface area contributed by atoms with Gasteiger partial charge in [-0.15, -0.1) is 11.3 Å². The monoisotopic (exact) mass is 463 g/mol. The van der Waals surface area contributed by atoms with Crippen molar-refractivity contribution in [2.45, 2.75) is 10.6 Å². The van der Waals surface area contributed by atoms with Crippen molar-refractivity contribution in [1.82, 2.24) is 4.72 Å². The molecule has 0 aliphatic heterocycles. The van der Waals surface area contributed by atoms with Crippen LogP contribution in [0.5, 0.6) is 0 Å². The Labute approximate surface area is 180 Å². The molecule has 3 aromatic carbocycles. The fraction of sp³-hybridized carbons (Fsp3) is 0.0500. The van der Waals surface area contributed by atoms with E-state index in [1.807, 2.05) is 42.5 Å².